The third kappa shape index (κ3) is 3.84. The number of rotatable bonds is 5. The Morgan fingerprint density at radius 1 is 1.14 bits per heavy atom. The maximum absolute atomic E-state index is 12.1. The second-order valence-corrected chi connectivity index (χ2v) is 4.50. The highest BCUT2D eigenvalue weighted by Crippen LogP contribution is 2.16. The standard InChI is InChI=1S/C15H16BNO4/c1-21-14-5-3-2-4-13(14)15(18)17-10-11-6-8-12(9-7-11)16(19)20/h2-9,19-20H,10H2,1H3,(H,17,18). The Bertz CT molecular complexity index is 613. The minimum atomic E-state index is -1.48. The van der Waals surface area contributed by atoms with E-state index < -0.39 is 7.12 Å². The Hall–Kier alpha value is -2.31. The van der Waals surface area contributed by atoms with Crippen LogP contribution in [0.3, 0.4) is 0 Å². The third-order valence-electron chi connectivity index (χ3n) is 3.08. The highest BCUT2D eigenvalue weighted by molar-refractivity contribution is 6.58. The molecule has 2 rings (SSSR count). The van der Waals surface area contributed by atoms with Crippen LogP contribution >= 0.6 is 0 Å². The van der Waals surface area contributed by atoms with Gasteiger partial charge in [-0.15, -0.1) is 0 Å². The van der Waals surface area contributed by atoms with Gasteiger partial charge in [-0.25, -0.2) is 0 Å². The van der Waals surface area contributed by atoms with Gasteiger partial charge in [-0.3, -0.25) is 4.79 Å². The summed E-state index contributed by atoms with van der Waals surface area (Å²) in [4.78, 5) is 12.1. The second-order valence-electron chi connectivity index (χ2n) is 4.50. The lowest BCUT2D eigenvalue weighted by atomic mass is 9.80. The summed E-state index contributed by atoms with van der Waals surface area (Å²) in [6.07, 6.45) is 0. The van der Waals surface area contributed by atoms with Crippen LogP contribution < -0.4 is 15.5 Å². The van der Waals surface area contributed by atoms with Gasteiger partial charge in [-0.2, -0.15) is 0 Å². The first-order valence-corrected chi connectivity index (χ1v) is 6.48. The number of ether oxygens (including phenoxy) is 1. The van der Waals surface area contributed by atoms with Crippen molar-refractivity contribution in [2.45, 2.75) is 6.54 Å². The topological polar surface area (TPSA) is 78.8 Å². The number of methoxy groups -OCH3 is 1. The molecule has 6 heteroatoms. The number of amides is 1. The molecular formula is C15H16BNO4. The maximum Gasteiger partial charge on any atom is 0.488 e. The second kappa shape index (κ2) is 6.92. The van der Waals surface area contributed by atoms with Crippen LogP contribution in [0.4, 0.5) is 0 Å². The Morgan fingerprint density at radius 3 is 2.43 bits per heavy atom. The summed E-state index contributed by atoms with van der Waals surface area (Å²) >= 11 is 0. The molecule has 2 aromatic carbocycles. The summed E-state index contributed by atoms with van der Waals surface area (Å²) < 4.78 is 5.14. The van der Waals surface area contributed by atoms with E-state index in [4.69, 9.17) is 14.8 Å². The van der Waals surface area contributed by atoms with Crippen LogP contribution in [-0.2, 0) is 6.54 Å². The Morgan fingerprint density at radius 2 is 1.81 bits per heavy atom. The summed E-state index contributed by atoms with van der Waals surface area (Å²) in [7, 11) is 0.0348. The zero-order valence-corrected chi connectivity index (χ0v) is 11.6. The van der Waals surface area contributed by atoms with Crippen molar-refractivity contribution in [3.63, 3.8) is 0 Å². The molecule has 108 valence electrons. The Labute approximate surface area is 123 Å². The van der Waals surface area contributed by atoms with E-state index in [1.165, 1.54) is 7.11 Å². The molecule has 2 aromatic rings. The molecule has 0 saturated carbocycles. The normalized spacial score (nSPS) is 10.0. The van der Waals surface area contributed by atoms with Crippen molar-refractivity contribution in [1.82, 2.24) is 5.32 Å². The van der Waals surface area contributed by atoms with Crippen LogP contribution in [0.25, 0.3) is 0 Å². The molecular weight excluding hydrogens is 269 g/mol. The van der Waals surface area contributed by atoms with E-state index >= 15 is 0 Å². The van der Waals surface area contributed by atoms with Gasteiger partial charge in [0.05, 0.1) is 12.7 Å². The number of benzene rings is 2. The van der Waals surface area contributed by atoms with Crippen molar-refractivity contribution in [3.05, 3.63) is 59.7 Å². The van der Waals surface area contributed by atoms with Gasteiger partial charge in [-0.05, 0) is 23.2 Å². The summed E-state index contributed by atoms with van der Waals surface area (Å²) in [5.74, 6) is 0.299. The Kier molecular flexibility index (Phi) is 4.97. The fourth-order valence-corrected chi connectivity index (χ4v) is 1.92. The molecule has 0 saturated heterocycles. The average molecular weight is 285 g/mol. The lowest BCUT2D eigenvalue weighted by molar-refractivity contribution is 0.0948. The van der Waals surface area contributed by atoms with E-state index in [9.17, 15) is 4.79 Å². The SMILES string of the molecule is COc1ccccc1C(=O)NCc1ccc(B(O)O)cc1. The van der Waals surface area contributed by atoms with Crippen molar-refractivity contribution in [2.24, 2.45) is 0 Å². The van der Waals surface area contributed by atoms with Crippen molar-refractivity contribution < 1.29 is 19.6 Å². The molecule has 1 amide bonds. The number of hydrogen-bond acceptors (Lipinski definition) is 4. The number of carbonyl (C=O) groups is 1. The van der Waals surface area contributed by atoms with Crippen LogP contribution in [0.5, 0.6) is 5.75 Å². The summed E-state index contributed by atoms with van der Waals surface area (Å²) in [5, 5.41) is 20.8. The Balaban J connectivity index is 2.00. The van der Waals surface area contributed by atoms with E-state index in [1.54, 1.807) is 48.5 Å². The van der Waals surface area contributed by atoms with Crippen LogP contribution in [0.1, 0.15) is 15.9 Å². The van der Waals surface area contributed by atoms with Crippen molar-refractivity contribution in [3.8, 4) is 5.75 Å². The van der Waals surface area contributed by atoms with Gasteiger partial charge in [0.1, 0.15) is 5.75 Å². The summed E-state index contributed by atoms with van der Waals surface area (Å²) in [6.45, 7) is 0.346. The molecule has 0 unspecified atom stereocenters. The van der Waals surface area contributed by atoms with Gasteiger partial charge >= 0.3 is 7.12 Å². The van der Waals surface area contributed by atoms with E-state index in [1.807, 2.05) is 0 Å². The molecule has 5 nitrogen and oxygen atoms in total. The molecule has 0 fully saturated rings. The minimum absolute atomic E-state index is 0.223. The summed E-state index contributed by atoms with van der Waals surface area (Å²) in [6, 6.07) is 13.7. The number of nitrogens with one attached hydrogen (secondary N) is 1. The van der Waals surface area contributed by atoms with Gasteiger partial charge < -0.3 is 20.1 Å². The monoisotopic (exact) mass is 285 g/mol. The number of para-hydroxylation sites is 1. The highest BCUT2D eigenvalue weighted by atomic mass is 16.5. The van der Waals surface area contributed by atoms with Gasteiger partial charge in [0.25, 0.3) is 5.91 Å². The molecule has 0 spiro atoms. The number of carbonyl (C=O) groups excluding carboxylic acids is 1. The molecule has 21 heavy (non-hydrogen) atoms. The largest absolute Gasteiger partial charge is 0.496 e. The predicted octanol–water partition coefficient (Wildman–Crippen LogP) is 0.305. The lowest BCUT2D eigenvalue weighted by Gasteiger charge is -2.09. The van der Waals surface area contributed by atoms with Crippen molar-refractivity contribution in [2.75, 3.05) is 7.11 Å². The fourth-order valence-electron chi connectivity index (χ4n) is 1.92. The average Bonchev–Trinajstić information content (AvgIpc) is 2.52. The molecule has 0 aliphatic rings. The van der Waals surface area contributed by atoms with Crippen LogP contribution in [-0.4, -0.2) is 30.2 Å². The first-order valence-electron chi connectivity index (χ1n) is 6.48. The first-order chi connectivity index (χ1) is 10.1. The van der Waals surface area contributed by atoms with Gasteiger partial charge in [0, 0.05) is 6.54 Å². The van der Waals surface area contributed by atoms with Gasteiger partial charge in [0.15, 0.2) is 0 Å². The van der Waals surface area contributed by atoms with E-state index in [-0.39, 0.29) is 5.91 Å². The molecule has 0 aromatic heterocycles. The van der Waals surface area contributed by atoms with Gasteiger partial charge in [-0.1, -0.05) is 36.4 Å². The minimum Gasteiger partial charge on any atom is -0.496 e. The highest BCUT2D eigenvalue weighted by Gasteiger charge is 2.12. The molecule has 0 heterocycles. The molecule has 0 bridgehead atoms. The zero-order valence-electron chi connectivity index (χ0n) is 11.6. The first kappa shape index (κ1) is 15.1. The molecule has 0 aliphatic carbocycles. The molecule has 0 atom stereocenters. The van der Waals surface area contributed by atoms with Crippen molar-refractivity contribution >= 4 is 18.5 Å². The van der Waals surface area contributed by atoms with Crippen LogP contribution in [0.2, 0.25) is 0 Å². The molecule has 3 N–H and O–H groups in total. The van der Waals surface area contributed by atoms with Gasteiger partial charge in [0.2, 0.25) is 0 Å². The van der Waals surface area contributed by atoms with E-state index in [2.05, 4.69) is 5.32 Å². The van der Waals surface area contributed by atoms with E-state index in [0.29, 0.717) is 23.3 Å². The third-order valence-corrected chi connectivity index (χ3v) is 3.08. The zero-order chi connectivity index (χ0) is 15.2. The molecule has 0 radical (unpaired) electrons. The van der Waals surface area contributed by atoms with Crippen LogP contribution in [0, 0.1) is 0 Å². The fraction of sp³-hybridized carbons (Fsp3) is 0.133. The summed E-state index contributed by atoms with van der Waals surface area (Å²) in [5.41, 5.74) is 1.75. The van der Waals surface area contributed by atoms with Crippen LogP contribution in [0.15, 0.2) is 48.5 Å². The maximum atomic E-state index is 12.1. The van der Waals surface area contributed by atoms with Crippen molar-refractivity contribution in [1.29, 1.82) is 0 Å². The quantitative estimate of drug-likeness (QED) is 0.691. The van der Waals surface area contributed by atoms with E-state index in [0.717, 1.165) is 5.56 Å². The lowest BCUT2D eigenvalue weighted by Crippen LogP contribution is -2.30. The smallest absolute Gasteiger partial charge is 0.488 e. The molecule has 0 aliphatic heterocycles. The number of hydrogen-bond donors (Lipinski definition) is 3. The predicted molar refractivity (Wildman–Crippen MR) is 80.4 cm³/mol.